The van der Waals surface area contributed by atoms with Gasteiger partial charge in [0.15, 0.2) is 0 Å². The summed E-state index contributed by atoms with van der Waals surface area (Å²) in [5, 5.41) is 19.2. The molecule has 0 aromatic heterocycles. The molecule has 0 aromatic rings. The van der Waals surface area contributed by atoms with Gasteiger partial charge >= 0.3 is 5.97 Å². The van der Waals surface area contributed by atoms with Crippen LogP contribution in [0, 0.1) is 34.5 Å². The molecule has 6 aliphatic rings. The van der Waals surface area contributed by atoms with Crippen LogP contribution in [0.4, 0.5) is 0 Å². The van der Waals surface area contributed by atoms with Gasteiger partial charge in [0, 0.05) is 6.04 Å². The third-order valence-electron chi connectivity index (χ3n) is 8.87. The predicted molar refractivity (Wildman–Crippen MR) is 111 cm³/mol. The van der Waals surface area contributed by atoms with Crippen LogP contribution in [0.15, 0.2) is 0 Å². The number of amides is 1. The maximum absolute atomic E-state index is 13.5. The van der Waals surface area contributed by atoms with Gasteiger partial charge in [-0.15, -0.1) is 0 Å². The Kier molecular flexibility index (Phi) is 4.89. The van der Waals surface area contributed by atoms with Crippen LogP contribution < -0.4 is 5.73 Å². The Balaban J connectivity index is 1.38. The predicted octanol–water partition coefficient (Wildman–Crippen LogP) is 0.631. The number of likely N-dealkylation sites (N-methyl/N-ethyl adjacent to an activating group) is 1. The van der Waals surface area contributed by atoms with Crippen LogP contribution in [0.3, 0.4) is 0 Å². The smallest absolute Gasteiger partial charge is 0.326 e. The molecule has 9 atom stereocenters. The highest BCUT2D eigenvalue weighted by atomic mass is 16.6. The number of nitriles is 1. The molecule has 0 spiro atoms. The Bertz CT molecular complexity index is 809. The maximum atomic E-state index is 13.5. The van der Waals surface area contributed by atoms with Crippen molar-refractivity contribution in [3.63, 3.8) is 0 Å². The first-order chi connectivity index (χ1) is 14.7. The first-order valence-electron chi connectivity index (χ1n) is 11.7. The fourth-order valence-corrected chi connectivity index (χ4v) is 7.77. The minimum atomic E-state index is -0.688. The van der Waals surface area contributed by atoms with E-state index in [0.717, 1.165) is 44.9 Å². The molecule has 0 radical (unpaired) electrons. The van der Waals surface area contributed by atoms with Gasteiger partial charge in [-0.2, -0.15) is 5.26 Å². The largest absolute Gasteiger partial charge is 0.458 e. The van der Waals surface area contributed by atoms with Gasteiger partial charge in [0.25, 0.3) is 0 Å². The van der Waals surface area contributed by atoms with Crippen molar-refractivity contribution >= 4 is 11.9 Å². The third kappa shape index (κ3) is 3.28. The minimum Gasteiger partial charge on any atom is -0.458 e. The Morgan fingerprint density at radius 2 is 1.90 bits per heavy atom. The molecule has 8 heteroatoms. The van der Waals surface area contributed by atoms with Crippen molar-refractivity contribution in [1.29, 1.82) is 5.26 Å². The second-order valence-electron chi connectivity index (χ2n) is 11.3. The zero-order valence-corrected chi connectivity index (χ0v) is 18.5. The van der Waals surface area contributed by atoms with Crippen LogP contribution in [0.25, 0.3) is 0 Å². The molecule has 4 bridgehead atoms. The van der Waals surface area contributed by atoms with E-state index in [4.69, 9.17) is 10.5 Å². The van der Waals surface area contributed by atoms with Crippen LogP contribution in [-0.4, -0.2) is 77.3 Å². The van der Waals surface area contributed by atoms with E-state index in [1.807, 2.05) is 0 Å². The zero-order valence-electron chi connectivity index (χ0n) is 18.5. The summed E-state index contributed by atoms with van der Waals surface area (Å²) in [6.45, 7) is -0.287. The second-order valence-corrected chi connectivity index (χ2v) is 11.3. The Morgan fingerprint density at radius 1 is 1.23 bits per heavy atom. The van der Waals surface area contributed by atoms with Crippen molar-refractivity contribution in [1.82, 2.24) is 9.80 Å². The number of likely N-dealkylation sites (tertiary alicyclic amines) is 1. The molecule has 5 aliphatic carbocycles. The van der Waals surface area contributed by atoms with Gasteiger partial charge in [0.1, 0.15) is 17.7 Å². The molecule has 1 aliphatic heterocycles. The van der Waals surface area contributed by atoms with Crippen LogP contribution in [0.2, 0.25) is 0 Å². The van der Waals surface area contributed by atoms with Gasteiger partial charge in [0.05, 0.1) is 18.7 Å². The van der Waals surface area contributed by atoms with Gasteiger partial charge in [-0.1, -0.05) is 0 Å². The number of hydrogen-bond donors (Lipinski definition) is 2. The quantitative estimate of drug-likeness (QED) is 0.593. The first kappa shape index (κ1) is 21.2. The van der Waals surface area contributed by atoms with E-state index < -0.39 is 23.7 Å². The summed E-state index contributed by atoms with van der Waals surface area (Å²) in [6, 6.07) is 0.789. The van der Waals surface area contributed by atoms with E-state index in [9.17, 15) is 20.0 Å². The minimum absolute atomic E-state index is 0.0819. The number of carbonyl (C=O) groups is 2. The summed E-state index contributed by atoms with van der Waals surface area (Å²) in [4.78, 5) is 29.9. The van der Waals surface area contributed by atoms with Crippen molar-refractivity contribution in [2.45, 2.75) is 81.1 Å². The summed E-state index contributed by atoms with van der Waals surface area (Å²) < 4.78 is 6.14. The Hall–Kier alpha value is -1.69. The van der Waals surface area contributed by atoms with Crippen molar-refractivity contribution in [3.8, 4) is 6.07 Å². The molecule has 1 saturated heterocycles. The van der Waals surface area contributed by atoms with E-state index in [-0.39, 0.29) is 30.0 Å². The van der Waals surface area contributed by atoms with E-state index in [1.165, 1.54) is 0 Å². The average molecular weight is 431 g/mol. The third-order valence-corrected chi connectivity index (χ3v) is 8.87. The standard InChI is InChI=1S/C23H34N4O4/c1-26(2)18(11-28)21(30)31-23-8-13-3-14(9-23)7-22(6-13,12-23)19(25)20(29)27-16(10-24)4-15-5-17(15)27/h13-19,28H,3-9,11-12,25H2,1-2H3/t13-,14?,15?,16-,17?,18-,19+,22?,23?/m0/s1. The lowest BCUT2D eigenvalue weighted by atomic mass is 9.46. The van der Waals surface area contributed by atoms with Crippen LogP contribution in [-0.2, 0) is 14.3 Å². The number of esters is 1. The van der Waals surface area contributed by atoms with Crippen molar-refractivity contribution in [2.75, 3.05) is 20.7 Å². The molecule has 170 valence electrons. The number of carbonyl (C=O) groups excluding carboxylic acids is 2. The van der Waals surface area contributed by atoms with Crippen LogP contribution >= 0.6 is 0 Å². The molecule has 5 unspecified atom stereocenters. The highest BCUT2D eigenvalue weighted by Crippen LogP contribution is 2.64. The van der Waals surface area contributed by atoms with E-state index in [1.54, 1.807) is 23.9 Å². The number of aliphatic hydroxyl groups excluding tert-OH is 1. The van der Waals surface area contributed by atoms with Gasteiger partial charge in [-0.25, -0.2) is 0 Å². The topological polar surface area (TPSA) is 120 Å². The Morgan fingerprint density at radius 3 is 2.48 bits per heavy atom. The van der Waals surface area contributed by atoms with E-state index >= 15 is 0 Å². The van der Waals surface area contributed by atoms with E-state index in [2.05, 4.69) is 6.07 Å². The van der Waals surface area contributed by atoms with Crippen LogP contribution in [0.5, 0.6) is 0 Å². The molecule has 6 rings (SSSR count). The molecule has 0 aromatic carbocycles. The monoisotopic (exact) mass is 430 g/mol. The summed E-state index contributed by atoms with van der Waals surface area (Å²) in [6.07, 6.45) is 6.90. The van der Waals surface area contributed by atoms with Gasteiger partial charge in [-0.05, 0) is 88.6 Å². The molecule has 6 fully saturated rings. The number of piperidine rings is 1. The number of nitrogens with zero attached hydrogens (tertiary/aromatic N) is 3. The highest BCUT2D eigenvalue weighted by molar-refractivity contribution is 5.84. The highest BCUT2D eigenvalue weighted by Gasteiger charge is 2.64. The fraction of sp³-hybridized carbons (Fsp3) is 0.870. The van der Waals surface area contributed by atoms with Gasteiger partial charge in [-0.3, -0.25) is 14.5 Å². The van der Waals surface area contributed by atoms with Crippen molar-refractivity contribution < 1.29 is 19.4 Å². The fourth-order valence-electron chi connectivity index (χ4n) is 7.77. The lowest BCUT2D eigenvalue weighted by Crippen LogP contribution is -2.66. The zero-order chi connectivity index (χ0) is 22.1. The Labute approximate surface area is 183 Å². The van der Waals surface area contributed by atoms with E-state index in [0.29, 0.717) is 24.2 Å². The lowest BCUT2D eigenvalue weighted by Gasteiger charge is -2.62. The normalized spacial score (nSPS) is 44.0. The molecule has 1 heterocycles. The molecular formula is C23H34N4O4. The van der Waals surface area contributed by atoms with Gasteiger partial charge in [0.2, 0.25) is 5.91 Å². The number of ether oxygens (including phenoxy) is 1. The molecule has 5 saturated carbocycles. The molecular weight excluding hydrogens is 396 g/mol. The van der Waals surface area contributed by atoms with Crippen LogP contribution in [0.1, 0.15) is 51.4 Å². The number of hydrogen-bond acceptors (Lipinski definition) is 7. The number of fused-ring (bicyclic) bond motifs is 1. The number of nitrogens with two attached hydrogens (primary N) is 1. The lowest BCUT2D eigenvalue weighted by molar-refractivity contribution is -0.210. The van der Waals surface area contributed by atoms with Gasteiger partial charge < -0.3 is 20.5 Å². The first-order valence-corrected chi connectivity index (χ1v) is 11.7. The average Bonchev–Trinajstić information content (AvgIpc) is 3.35. The van der Waals surface area contributed by atoms with Crippen molar-refractivity contribution in [3.05, 3.63) is 0 Å². The summed E-state index contributed by atoms with van der Waals surface area (Å²) >= 11 is 0. The molecule has 3 N–H and O–H groups in total. The summed E-state index contributed by atoms with van der Waals surface area (Å²) in [5.74, 6) is 0.791. The molecule has 8 nitrogen and oxygen atoms in total. The number of aliphatic hydroxyl groups is 1. The summed E-state index contributed by atoms with van der Waals surface area (Å²) in [7, 11) is 3.51. The second kappa shape index (κ2) is 7.16. The SMILES string of the molecule is CN(C)[C@@H](CO)C(=O)OC12CC3C[C@H](C1)CC([C@H](N)C(=O)N1C4CC4C[C@H]1C#N)(C3)C2. The molecule has 1 amide bonds. The molecule has 31 heavy (non-hydrogen) atoms. The number of rotatable bonds is 6. The maximum Gasteiger partial charge on any atom is 0.326 e. The summed E-state index contributed by atoms with van der Waals surface area (Å²) in [5.41, 5.74) is 5.76. The van der Waals surface area contributed by atoms with Crippen molar-refractivity contribution in [2.24, 2.45) is 28.9 Å².